The second-order valence-electron chi connectivity index (χ2n) is 4.87. The summed E-state index contributed by atoms with van der Waals surface area (Å²) in [5.74, 6) is -0.855. The highest BCUT2D eigenvalue weighted by molar-refractivity contribution is 5.94. The van der Waals surface area contributed by atoms with E-state index in [0.29, 0.717) is 37.7 Å². The first-order valence-corrected chi connectivity index (χ1v) is 6.71. The van der Waals surface area contributed by atoms with Crippen molar-refractivity contribution >= 4 is 23.3 Å². The highest BCUT2D eigenvalue weighted by atomic mass is 16.5. The molecule has 2 rings (SSSR count). The lowest BCUT2D eigenvalue weighted by Gasteiger charge is -2.28. The molecule has 0 bridgehead atoms. The number of esters is 1. The van der Waals surface area contributed by atoms with Gasteiger partial charge in [0.15, 0.2) is 6.10 Å². The maximum absolute atomic E-state index is 12.1. The van der Waals surface area contributed by atoms with E-state index in [-0.39, 0.29) is 11.5 Å². The average Bonchev–Trinajstić information content (AvgIpc) is 2.46. The lowest BCUT2D eigenvalue weighted by atomic mass is 10.2. The maximum atomic E-state index is 12.1. The summed E-state index contributed by atoms with van der Waals surface area (Å²) < 4.78 is 10.4. The summed E-state index contributed by atoms with van der Waals surface area (Å²) in [7, 11) is 0. The topological polar surface area (TPSA) is 108 Å². The number of carbonyl (C=O) groups excluding carboxylic acids is 2. The normalized spacial score (nSPS) is 16.3. The molecule has 21 heavy (non-hydrogen) atoms. The molecule has 1 aliphatic heterocycles. The highest BCUT2D eigenvalue weighted by Gasteiger charge is 2.25. The van der Waals surface area contributed by atoms with E-state index in [1.807, 2.05) is 0 Å². The van der Waals surface area contributed by atoms with Crippen LogP contribution in [-0.4, -0.2) is 49.2 Å². The Balaban J connectivity index is 1.99. The number of anilines is 2. The Morgan fingerprint density at radius 1 is 1.19 bits per heavy atom. The van der Waals surface area contributed by atoms with Crippen LogP contribution in [-0.2, 0) is 14.3 Å². The van der Waals surface area contributed by atoms with Crippen LogP contribution in [0.2, 0.25) is 0 Å². The van der Waals surface area contributed by atoms with Gasteiger partial charge in [-0.25, -0.2) is 4.79 Å². The quantitative estimate of drug-likeness (QED) is 0.611. The van der Waals surface area contributed by atoms with E-state index in [9.17, 15) is 9.59 Å². The van der Waals surface area contributed by atoms with E-state index >= 15 is 0 Å². The standard InChI is InChI=1S/C14H19N3O4/c1-9(13(18)17-2-4-20-5-3-17)21-14(19)10-6-11(15)8-12(16)7-10/h6-9H,2-5,15-16H2,1H3. The van der Waals surface area contributed by atoms with E-state index < -0.39 is 12.1 Å². The van der Waals surface area contributed by atoms with E-state index in [2.05, 4.69) is 0 Å². The Bertz CT molecular complexity index is 521. The van der Waals surface area contributed by atoms with Gasteiger partial charge < -0.3 is 25.8 Å². The van der Waals surface area contributed by atoms with Crippen molar-refractivity contribution in [2.24, 2.45) is 0 Å². The summed E-state index contributed by atoms with van der Waals surface area (Å²) in [6.45, 7) is 3.56. The first-order valence-electron chi connectivity index (χ1n) is 6.71. The number of nitrogen functional groups attached to an aromatic ring is 2. The zero-order chi connectivity index (χ0) is 15.4. The molecule has 114 valence electrons. The van der Waals surface area contributed by atoms with E-state index in [4.69, 9.17) is 20.9 Å². The predicted octanol–water partition coefficient (Wildman–Crippen LogP) is 0.255. The number of carbonyl (C=O) groups is 2. The molecule has 1 heterocycles. The molecule has 0 radical (unpaired) electrons. The molecule has 1 fully saturated rings. The van der Waals surface area contributed by atoms with Crippen molar-refractivity contribution in [1.29, 1.82) is 0 Å². The van der Waals surface area contributed by atoms with E-state index in [0.717, 1.165) is 0 Å². The molecule has 7 nitrogen and oxygen atoms in total. The molecule has 1 unspecified atom stereocenters. The molecule has 0 saturated carbocycles. The van der Waals surface area contributed by atoms with Gasteiger partial charge in [0.05, 0.1) is 18.8 Å². The molecule has 0 spiro atoms. The molecule has 1 aliphatic rings. The van der Waals surface area contributed by atoms with Gasteiger partial charge in [0.25, 0.3) is 5.91 Å². The van der Waals surface area contributed by atoms with Gasteiger partial charge in [-0.05, 0) is 25.1 Å². The van der Waals surface area contributed by atoms with Crippen molar-refractivity contribution in [2.45, 2.75) is 13.0 Å². The second kappa shape index (κ2) is 6.45. The van der Waals surface area contributed by atoms with Gasteiger partial charge in [0.2, 0.25) is 0 Å². The molecule has 0 aliphatic carbocycles. The number of hydrogen-bond donors (Lipinski definition) is 2. The van der Waals surface area contributed by atoms with E-state index in [1.165, 1.54) is 12.1 Å². The smallest absolute Gasteiger partial charge is 0.339 e. The minimum absolute atomic E-state index is 0.231. The average molecular weight is 293 g/mol. The highest BCUT2D eigenvalue weighted by Crippen LogP contribution is 2.15. The maximum Gasteiger partial charge on any atom is 0.339 e. The third-order valence-corrected chi connectivity index (χ3v) is 3.17. The number of nitrogens with two attached hydrogens (primary N) is 2. The zero-order valence-corrected chi connectivity index (χ0v) is 11.9. The zero-order valence-electron chi connectivity index (χ0n) is 11.9. The third kappa shape index (κ3) is 3.85. The van der Waals surface area contributed by atoms with Gasteiger partial charge in [-0.3, -0.25) is 4.79 Å². The Morgan fingerprint density at radius 2 is 1.76 bits per heavy atom. The Hall–Kier alpha value is -2.28. The fraction of sp³-hybridized carbons (Fsp3) is 0.429. The number of benzene rings is 1. The number of hydrogen-bond acceptors (Lipinski definition) is 6. The first kappa shape index (κ1) is 15.1. The van der Waals surface area contributed by atoms with Gasteiger partial charge in [-0.1, -0.05) is 0 Å². The Kier molecular flexibility index (Phi) is 4.64. The second-order valence-corrected chi connectivity index (χ2v) is 4.87. The summed E-state index contributed by atoms with van der Waals surface area (Å²) in [6, 6.07) is 4.47. The summed E-state index contributed by atoms with van der Waals surface area (Å²) in [5.41, 5.74) is 12.2. The Morgan fingerprint density at radius 3 is 2.33 bits per heavy atom. The minimum Gasteiger partial charge on any atom is -0.449 e. The van der Waals surface area contributed by atoms with Crippen LogP contribution in [0.15, 0.2) is 18.2 Å². The largest absolute Gasteiger partial charge is 0.449 e. The van der Waals surface area contributed by atoms with Gasteiger partial charge in [0, 0.05) is 24.5 Å². The van der Waals surface area contributed by atoms with Crippen LogP contribution in [0.4, 0.5) is 11.4 Å². The summed E-state index contributed by atoms with van der Waals surface area (Å²) >= 11 is 0. The third-order valence-electron chi connectivity index (χ3n) is 3.17. The van der Waals surface area contributed by atoms with Crippen molar-refractivity contribution in [2.75, 3.05) is 37.8 Å². The fourth-order valence-electron chi connectivity index (χ4n) is 2.11. The van der Waals surface area contributed by atoms with Crippen molar-refractivity contribution in [1.82, 2.24) is 4.90 Å². The van der Waals surface area contributed by atoms with Crippen molar-refractivity contribution in [3.63, 3.8) is 0 Å². The fourth-order valence-corrected chi connectivity index (χ4v) is 2.11. The molecule has 1 atom stereocenters. The summed E-state index contributed by atoms with van der Waals surface area (Å²) in [5, 5.41) is 0. The van der Waals surface area contributed by atoms with Crippen LogP contribution in [0.3, 0.4) is 0 Å². The monoisotopic (exact) mass is 293 g/mol. The molecular weight excluding hydrogens is 274 g/mol. The van der Waals surface area contributed by atoms with Gasteiger partial charge >= 0.3 is 5.97 Å². The van der Waals surface area contributed by atoms with E-state index in [1.54, 1.807) is 17.9 Å². The molecular formula is C14H19N3O4. The van der Waals surface area contributed by atoms with Gasteiger partial charge in [-0.2, -0.15) is 0 Å². The number of rotatable bonds is 3. The number of nitrogens with zero attached hydrogens (tertiary/aromatic N) is 1. The van der Waals surface area contributed by atoms with Crippen LogP contribution in [0, 0.1) is 0 Å². The minimum atomic E-state index is -0.863. The SMILES string of the molecule is CC(OC(=O)c1cc(N)cc(N)c1)C(=O)N1CCOCC1. The molecule has 7 heteroatoms. The molecule has 0 aromatic heterocycles. The van der Waals surface area contributed by atoms with Crippen LogP contribution < -0.4 is 11.5 Å². The van der Waals surface area contributed by atoms with Crippen LogP contribution in [0.25, 0.3) is 0 Å². The number of ether oxygens (including phenoxy) is 2. The molecule has 1 aromatic rings. The lowest BCUT2D eigenvalue weighted by Crippen LogP contribution is -2.46. The van der Waals surface area contributed by atoms with Gasteiger partial charge in [0.1, 0.15) is 0 Å². The van der Waals surface area contributed by atoms with Crippen LogP contribution in [0.1, 0.15) is 17.3 Å². The number of morpholine rings is 1. The van der Waals surface area contributed by atoms with Gasteiger partial charge in [-0.15, -0.1) is 0 Å². The molecule has 1 aromatic carbocycles. The summed E-state index contributed by atoms with van der Waals surface area (Å²) in [6.07, 6.45) is -0.863. The first-order chi connectivity index (χ1) is 9.97. The van der Waals surface area contributed by atoms with Crippen LogP contribution >= 0.6 is 0 Å². The molecule has 4 N–H and O–H groups in total. The number of amides is 1. The Labute approximate surface area is 122 Å². The van der Waals surface area contributed by atoms with Crippen molar-refractivity contribution in [3.8, 4) is 0 Å². The predicted molar refractivity (Wildman–Crippen MR) is 77.5 cm³/mol. The molecule has 1 amide bonds. The lowest BCUT2D eigenvalue weighted by molar-refractivity contribution is -0.143. The van der Waals surface area contributed by atoms with Crippen molar-refractivity contribution in [3.05, 3.63) is 23.8 Å². The van der Waals surface area contributed by atoms with Crippen molar-refractivity contribution < 1.29 is 19.1 Å². The summed E-state index contributed by atoms with van der Waals surface area (Å²) in [4.78, 5) is 25.8. The van der Waals surface area contributed by atoms with Crippen LogP contribution in [0.5, 0.6) is 0 Å². The molecule has 1 saturated heterocycles.